The van der Waals surface area contributed by atoms with Crippen LogP contribution in [0.4, 0.5) is 11.4 Å². The van der Waals surface area contributed by atoms with Crippen LogP contribution in [0.2, 0.25) is 10.0 Å². The van der Waals surface area contributed by atoms with Crippen molar-refractivity contribution >= 4 is 40.5 Å². The van der Waals surface area contributed by atoms with Crippen molar-refractivity contribution in [3.63, 3.8) is 0 Å². The molecule has 0 saturated carbocycles. The van der Waals surface area contributed by atoms with Gasteiger partial charge < -0.3 is 15.8 Å². The standard InChI is InChI=1S/C14H12Cl2N2O2/c1-20-12-7-10(17)6-11(16)13(12)18-14(19)8-3-2-4-9(15)5-8/h2-7H,17H2,1H3,(H,18,19). The lowest BCUT2D eigenvalue weighted by Gasteiger charge is -2.13. The Morgan fingerprint density at radius 2 is 2.00 bits per heavy atom. The highest BCUT2D eigenvalue weighted by Gasteiger charge is 2.14. The van der Waals surface area contributed by atoms with Crippen molar-refractivity contribution in [2.45, 2.75) is 0 Å². The van der Waals surface area contributed by atoms with Gasteiger partial charge in [0.25, 0.3) is 5.91 Å². The molecular weight excluding hydrogens is 299 g/mol. The number of amides is 1. The minimum Gasteiger partial charge on any atom is -0.494 e. The van der Waals surface area contributed by atoms with Crippen LogP contribution >= 0.6 is 23.2 Å². The van der Waals surface area contributed by atoms with E-state index in [1.165, 1.54) is 13.2 Å². The van der Waals surface area contributed by atoms with Crippen LogP contribution in [0.1, 0.15) is 10.4 Å². The number of nitrogens with two attached hydrogens (primary N) is 1. The largest absolute Gasteiger partial charge is 0.494 e. The Morgan fingerprint density at radius 1 is 1.25 bits per heavy atom. The maximum absolute atomic E-state index is 12.2. The second-order valence-corrected chi connectivity index (χ2v) is 4.89. The lowest BCUT2D eigenvalue weighted by atomic mass is 10.2. The maximum Gasteiger partial charge on any atom is 0.255 e. The molecule has 3 N–H and O–H groups in total. The van der Waals surface area contributed by atoms with Crippen LogP contribution in [0.5, 0.6) is 5.75 Å². The molecule has 2 aromatic carbocycles. The summed E-state index contributed by atoms with van der Waals surface area (Å²) in [6.07, 6.45) is 0. The first-order valence-electron chi connectivity index (χ1n) is 5.71. The summed E-state index contributed by atoms with van der Waals surface area (Å²) in [5.41, 5.74) is 6.91. The number of anilines is 2. The zero-order valence-corrected chi connectivity index (χ0v) is 12.1. The van der Waals surface area contributed by atoms with Gasteiger partial charge in [-0.15, -0.1) is 0 Å². The molecule has 0 spiro atoms. The molecule has 1 amide bonds. The fraction of sp³-hybridized carbons (Fsp3) is 0.0714. The molecule has 0 aliphatic rings. The molecular formula is C14H12Cl2N2O2. The van der Waals surface area contributed by atoms with Gasteiger partial charge in [0.05, 0.1) is 12.1 Å². The second-order valence-electron chi connectivity index (χ2n) is 4.04. The van der Waals surface area contributed by atoms with Crippen LogP contribution in [0, 0.1) is 0 Å². The molecule has 0 fully saturated rings. The zero-order valence-electron chi connectivity index (χ0n) is 10.6. The maximum atomic E-state index is 12.2. The normalized spacial score (nSPS) is 10.2. The van der Waals surface area contributed by atoms with Crippen LogP contribution in [0.3, 0.4) is 0 Å². The number of carbonyl (C=O) groups excluding carboxylic acids is 1. The molecule has 6 heteroatoms. The summed E-state index contributed by atoms with van der Waals surface area (Å²) in [6.45, 7) is 0. The minimum atomic E-state index is -0.336. The predicted octanol–water partition coefficient (Wildman–Crippen LogP) is 3.84. The third-order valence-electron chi connectivity index (χ3n) is 2.62. The topological polar surface area (TPSA) is 64.3 Å². The number of methoxy groups -OCH3 is 1. The summed E-state index contributed by atoms with van der Waals surface area (Å²) in [6, 6.07) is 9.72. The van der Waals surface area contributed by atoms with E-state index in [0.29, 0.717) is 32.7 Å². The van der Waals surface area contributed by atoms with Gasteiger partial charge in [-0.05, 0) is 24.3 Å². The Bertz CT molecular complexity index is 660. The van der Waals surface area contributed by atoms with Crippen molar-refractivity contribution < 1.29 is 9.53 Å². The summed E-state index contributed by atoms with van der Waals surface area (Å²) in [5.74, 6) is 0.0582. The van der Waals surface area contributed by atoms with Crippen molar-refractivity contribution in [3.05, 3.63) is 52.0 Å². The molecule has 0 aromatic heterocycles. The summed E-state index contributed by atoms with van der Waals surface area (Å²) < 4.78 is 5.16. The fourth-order valence-electron chi connectivity index (χ4n) is 1.70. The number of hydrogen-bond acceptors (Lipinski definition) is 3. The highest BCUT2D eigenvalue weighted by Crippen LogP contribution is 2.35. The molecule has 0 radical (unpaired) electrons. The molecule has 20 heavy (non-hydrogen) atoms. The first kappa shape index (κ1) is 14.5. The van der Waals surface area contributed by atoms with Gasteiger partial charge in [-0.2, -0.15) is 0 Å². The van der Waals surface area contributed by atoms with Crippen molar-refractivity contribution in [1.29, 1.82) is 0 Å². The van der Waals surface area contributed by atoms with Gasteiger partial charge in [-0.3, -0.25) is 4.79 Å². The Hall–Kier alpha value is -1.91. The number of hydrogen-bond donors (Lipinski definition) is 2. The first-order valence-corrected chi connectivity index (χ1v) is 6.47. The van der Waals surface area contributed by atoms with Gasteiger partial charge in [0, 0.05) is 22.3 Å². The molecule has 2 rings (SSSR count). The minimum absolute atomic E-state index is 0.303. The van der Waals surface area contributed by atoms with Crippen molar-refractivity contribution in [2.24, 2.45) is 0 Å². The average molecular weight is 311 g/mol. The number of benzene rings is 2. The van der Waals surface area contributed by atoms with E-state index in [1.54, 1.807) is 30.3 Å². The lowest BCUT2D eigenvalue weighted by Crippen LogP contribution is -2.13. The van der Waals surface area contributed by atoms with Gasteiger partial charge in [0.2, 0.25) is 0 Å². The van der Waals surface area contributed by atoms with Crippen molar-refractivity contribution in [3.8, 4) is 5.75 Å². The fourth-order valence-corrected chi connectivity index (χ4v) is 2.16. The van der Waals surface area contributed by atoms with Crippen LogP contribution in [-0.2, 0) is 0 Å². The second kappa shape index (κ2) is 6.03. The van der Waals surface area contributed by atoms with Crippen molar-refractivity contribution in [2.75, 3.05) is 18.2 Å². The third-order valence-corrected chi connectivity index (χ3v) is 3.15. The molecule has 0 bridgehead atoms. The monoisotopic (exact) mass is 310 g/mol. The summed E-state index contributed by atoms with van der Waals surface area (Å²) in [4.78, 5) is 12.2. The van der Waals surface area contributed by atoms with E-state index in [4.69, 9.17) is 33.7 Å². The smallest absolute Gasteiger partial charge is 0.255 e. The van der Waals surface area contributed by atoms with E-state index >= 15 is 0 Å². The summed E-state index contributed by atoms with van der Waals surface area (Å²) in [7, 11) is 1.47. The molecule has 0 aliphatic carbocycles. The molecule has 0 heterocycles. The number of ether oxygens (including phenoxy) is 1. The van der Waals surface area contributed by atoms with Crippen LogP contribution in [0.25, 0.3) is 0 Å². The Kier molecular flexibility index (Phi) is 4.37. The Balaban J connectivity index is 2.32. The molecule has 0 atom stereocenters. The predicted molar refractivity (Wildman–Crippen MR) is 81.8 cm³/mol. The van der Waals surface area contributed by atoms with Crippen LogP contribution < -0.4 is 15.8 Å². The van der Waals surface area contributed by atoms with Gasteiger partial charge >= 0.3 is 0 Å². The van der Waals surface area contributed by atoms with Gasteiger partial charge in [0.15, 0.2) is 0 Å². The number of carbonyl (C=O) groups is 1. The van der Waals surface area contributed by atoms with Crippen LogP contribution in [-0.4, -0.2) is 13.0 Å². The first-order chi connectivity index (χ1) is 9.51. The number of nitrogen functional groups attached to an aromatic ring is 1. The van der Waals surface area contributed by atoms with Crippen LogP contribution in [0.15, 0.2) is 36.4 Å². The molecule has 4 nitrogen and oxygen atoms in total. The highest BCUT2D eigenvalue weighted by molar-refractivity contribution is 6.35. The molecule has 2 aromatic rings. The van der Waals surface area contributed by atoms with E-state index in [0.717, 1.165) is 0 Å². The molecule has 0 aliphatic heterocycles. The van der Waals surface area contributed by atoms with Gasteiger partial charge in [-0.1, -0.05) is 29.3 Å². The summed E-state index contributed by atoms with van der Waals surface area (Å²) >= 11 is 11.9. The molecule has 104 valence electrons. The molecule has 0 unspecified atom stereocenters. The van der Waals surface area contributed by atoms with E-state index < -0.39 is 0 Å². The number of rotatable bonds is 3. The third kappa shape index (κ3) is 3.15. The zero-order chi connectivity index (χ0) is 14.7. The number of halogens is 2. The van der Waals surface area contributed by atoms with Crippen molar-refractivity contribution in [1.82, 2.24) is 0 Å². The Labute approximate surface area is 126 Å². The molecule has 0 saturated heterocycles. The van der Waals surface area contributed by atoms with E-state index in [1.807, 2.05) is 0 Å². The Morgan fingerprint density at radius 3 is 2.65 bits per heavy atom. The van der Waals surface area contributed by atoms with E-state index in [2.05, 4.69) is 5.32 Å². The van der Waals surface area contributed by atoms with E-state index in [-0.39, 0.29) is 5.91 Å². The van der Waals surface area contributed by atoms with E-state index in [9.17, 15) is 4.79 Å². The lowest BCUT2D eigenvalue weighted by molar-refractivity contribution is 0.102. The summed E-state index contributed by atoms with van der Waals surface area (Å²) in [5, 5.41) is 3.47. The average Bonchev–Trinajstić information content (AvgIpc) is 2.41. The highest BCUT2D eigenvalue weighted by atomic mass is 35.5. The quantitative estimate of drug-likeness (QED) is 0.847. The van der Waals surface area contributed by atoms with Gasteiger partial charge in [-0.25, -0.2) is 0 Å². The van der Waals surface area contributed by atoms with Gasteiger partial charge in [0.1, 0.15) is 11.4 Å². The number of nitrogens with one attached hydrogen (secondary N) is 1. The SMILES string of the molecule is COc1cc(N)cc(Cl)c1NC(=O)c1cccc(Cl)c1.